The molecule has 2 saturated carbocycles. The first kappa shape index (κ1) is 23.1. The fourth-order valence-electron chi connectivity index (χ4n) is 6.67. The quantitative estimate of drug-likeness (QED) is 0.375. The van der Waals surface area contributed by atoms with Crippen molar-refractivity contribution in [3.8, 4) is 0 Å². The maximum absolute atomic E-state index is 6.21. The minimum Gasteiger partial charge on any atom is -0.380 e. The van der Waals surface area contributed by atoms with E-state index in [2.05, 4.69) is 50.4 Å². The van der Waals surface area contributed by atoms with Crippen molar-refractivity contribution in [2.75, 3.05) is 19.8 Å². The predicted octanol–water partition coefficient (Wildman–Crippen LogP) is 7.37. The molecule has 172 valence electrons. The lowest BCUT2D eigenvalue weighted by atomic mass is 9.76. The van der Waals surface area contributed by atoms with Crippen LogP contribution in [0.5, 0.6) is 0 Å². The molecule has 0 heterocycles. The van der Waals surface area contributed by atoms with Gasteiger partial charge < -0.3 is 10.1 Å². The molecule has 3 aliphatic rings. The zero-order chi connectivity index (χ0) is 21.7. The minimum atomic E-state index is 0.0243. The Morgan fingerprint density at radius 2 is 1.74 bits per heavy atom. The van der Waals surface area contributed by atoms with Crippen LogP contribution in [-0.2, 0) is 10.2 Å². The van der Waals surface area contributed by atoms with Crippen molar-refractivity contribution in [2.45, 2.75) is 109 Å². The normalized spacial score (nSPS) is 25.2. The van der Waals surface area contributed by atoms with Gasteiger partial charge in [-0.25, -0.2) is 0 Å². The van der Waals surface area contributed by atoms with E-state index < -0.39 is 0 Å². The maximum Gasteiger partial charge on any atom is 0.0598 e. The van der Waals surface area contributed by atoms with Crippen molar-refractivity contribution in [3.63, 3.8) is 0 Å². The highest BCUT2D eigenvalue weighted by molar-refractivity contribution is 5.81. The van der Waals surface area contributed by atoms with Gasteiger partial charge in [-0.2, -0.15) is 0 Å². The summed E-state index contributed by atoms with van der Waals surface area (Å²) in [7, 11) is 0. The van der Waals surface area contributed by atoms with E-state index in [9.17, 15) is 0 Å². The molecule has 0 aromatic heterocycles. The molecule has 2 nitrogen and oxygen atoms in total. The lowest BCUT2D eigenvalue weighted by molar-refractivity contribution is 0.103. The van der Waals surface area contributed by atoms with Crippen molar-refractivity contribution < 1.29 is 4.74 Å². The molecule has 2 unspecified atom stereocenters. The highest BCUT2D eigenvalue weighted by atomic mass is 16.5. The Labute approximate surface area is 191 Å². The predicted molar refractivity (Wildman–Crippen MR) is 133 cm³/mol. The van der Waals surface area contributed by atoms with Crippen LogP contribution in [0.15, 0.2) is 24.3 Å². The molecule has 0 spiro atoms. The number of ether oxygens (including phenoxy) is 1. The molecule has 0 bridgehead atoms. The Hall–Kier alpha value is -1.12. The number of allylic oxidation sites excluding steroid dienone is 1. The number of hydrogen-bond donors (Lipinski definition) is 1. The first-order valence-electron chi connectivity index (χ1n) is 13.4. The Morgan fingerprint density at radius 1 is 1.03 bits per heavy atom. The van der Waals surface area contributed by atoms with Crippen LogP contribution in [0.3, 0.4) is 0 Å². The molecular weight excluding hydrogens is 378 g/mol. The van der Waals surface area contributed by atoms with E-state index in [0.717, 1.165) is 38.0 Å². The summed E-state index contributed by atoms with van der Waals surface area (Å²) in [6.45, 7) is 9.53. The average molecular weight is 424 g/mol. The smallest absolute Gasteiger partial charge is 0.0598 e. The van der Waals surface area contributed by atoms with Crippen LogP contribution >= 0.6 is 0 Å². The molecule has 0 aliphatic heterocycles. The summed E-state index contributed by atoms with van der Waals surface area (Å²) >= 11 is 0. The molecule has 0 saturated heterocycles. The third kappa shape index (κ3) is 4.96. The molecule has 1 aromatic rings. The molecule has 31 heavy (non-hydrogen) atoms. The van der Waals surface area contributed by atoms with Crippen LogP contribution in [0.1, 0.15) is 114 Å². The summed E-state index contributed by atoms with van der Waals surface area (Å²) < 4.78 is 6.21. The van der Waals surface area contributed by atoms with E-state index in [4.69, 9.17) is 4.74 Å². The van der Waals surface area contributed by atoms with Crippen molar-refractivity contribution >= 4 is 5.57 Å². The van der Waals surface area contributed by atoms with Gasteiger partial charge in [0.2, 0.25) is 0 Å². The molecule has 1 aromatic carbocycles. The van der Waals surface area contributed by atoms with Crippen molar-refractivity contribution in [1.29, 1.82) is 0 Å². The van der Waals surface area contributed by atoms with Gasteiger partial charge in [0.15, 0.2) is 0 Å². The zero-order valence-corrected chi connectivity index (χ0v) is 20.3. The van der Waals surface area contributed by atoms with Crippen molar-refractivity contribution in [3.05, 3.63) is 41.0 Å². The van der Waals surface area contributed by atoms with Crippen LogP contribution < -0.4 is 5.32 Å². The minimum absolute atomic E-state index is 0.0243. The van der Waals surface area contributed by atoms with E-state index in [-0.39, 0.29) is 5.41 Å². The Balaban J connectivity index is 1.73. The molecule has 2 heteroatoms. The summed E-state index contributed by atoms with van der Waals surface area (Å²) in [6.07, 6.45) is 17.5. The standard InChI is InChI=1S/C29H45NO/c1-4-6-18-30-22(3)19-29(21-31-5-2)20-26(24-14-9-10-15-24)28-25(16-11-17-27(28)29)23-12-7-8-13-23/h11,16-17,20,22-24,30H,4-10,12-15,18-19,21H2,1-3H3. The van der Waals surface area contributed by atoms with Gasteiger partial charge in [0, 0.05) is 18.1 Å². The van der Waals surface area contributed by atoms with E-state index in [1.165, 1.54) is 64.2 Å². The largest absolute Gasteiger partial charge is 0.380 e. The number of hydrogen-bond acceptors (Lipinski definition) is 2. The van der Waals surface area contributed by atoms with E-state index in [1.54, 1.807) is 22.3 Å². The second-order valence-corrected chi connectivity index (χ2v) is 10.5. The highest BCUT2D eigenvalue weighted by Gasteiger charge is 2.43. The summed E-state index contributed by atoms with van der Waals surface area (Å²) in [6, 6.07) is 7.77. The number of unbranched alkanes of at least 4 members (excludes halogenated alkanes) is 1. The van der Waals surface area contributed by atoms with Crippen LogP contribution in [0.25, 0.3) is 5.57 Å². The van der Waals surface area contributed by atoms with Crippen LogP contribution in [0.4, 0.5) is 0 Å². The number of fused-ring (bicyclic) bond motifs is 1. The van der Waals surface area contributed by atoms with Crippen LogP contribution in [0, 0.1) is 5.92 Å². The van der Waals surface area contributed by atoms with Gasteiger partial charge in [0.05, 0.1) is 6.61 Å². The third-order valence-electron chi connectivity index (χ3n) is 8.20. The molecule has 2 atom stereocenters. The van der Waals surface area contributed by atoms with E-state index >= 15 is 0 Å². The lowest BCUT2D eigenvalue weighted by Crippen LogP contribution is -2.38. The summed E-state index contributed by atoms with van der Waals surface area (Å²) in [5.74, 6) is 1.52. The molecule has 0 radical (unpaired) electrons. The molecule has 3 aliphatic carbocycles. The van der Waals surface area contributed by atoms with Crippen LogP contribution in [0.2, 0.25) is 0 Å². The average Bonchev–Trinajstić information content (AvgIpc) is 3.53. The first-order chi connectivity index (χ1) is 15.2. The molecule has 0 amide bonds. The number of nitrogens with one attached hydrogen (secondary N) is 1. The van der Waals surface area contributed by atoms with Gasteiger partial charge in [-0.05, 0) is 93.0 Å². The molecule has 1 N–H and O–H groups in total. The second kappa shape index (κ2) is 10.7. The first-order valence-corrected chi connectivity index (χ1v) is 13.4. The highest BCUT2D eigenvalue weighted by Crippen LogP contribution is 2.53. The fraction of sp³-hybridized carbons (Fsp3) is 0.724. The monoisotopic (exact) mass is 423 g/mol. The molecule has 2 fully saturated rings. The Morgan fingerprint density at radius 3 is 2.42 bits per heavy atom. The van der Waals surface area contributed by atoms with Gasteiger partial charge in [-0.3, -0.25) is 0 Å². The number of rotatable bonds is 11. The molecular formula is C29H45NO. The SMILES string of the molecule is CCCCNC(C)CC1(COCC)C=C(C2CCCC2)c2c(C3CCCC3)cccc21. The van der Waals surface area contributed by atoms with Gasteiger partial charge >= 0.3 is 0 Å². The van der Waals surface area contributed by atoms with Crippen molar-refractivity contribution in [2.24, 2.45) is 5.92 Å². The Kier molecular flexibility index (Phi) is 7.93. The maximum atomic E-state index is 6.21. The summed E-state index contributed by atoms with van der Waals surface area (Å²) in [5, 5.41) is 3.81. The second-order valence-electron chi connectivity index (χ2n) is 10.5. The summed E-state index contributed by atoms with van der Waals surface area (Å²) in [4.78, 5) is 0. The third-order valence-corrected chi connectivity index (χ3v) is 8.20. The van der Waals surface area contributed by atoms with E-state index in [0.29, 0.717) is 6.04 Å². The van der Waals surface area contributed by atoms with Crippen LogP contribution in [-0.4, -0.2) is 25.8 Å². The van der Waals surface area contributed by atoms with Crippen molar-refractivity contribution in [1.82, 2.24) is 5.32 Å². The topological polar surface area (TPSA) is 21.3 Å². The Bertz CT molecular complexity index is 741. The van der Waals surface area contributed by atoms with Gasteiger partial charge in [-0.15, -0.1) is 0 Å². The van der Waals surface area contributed by atoms with Gasteiger partial charge in [-0.1, -0.05) is 63.3 Å². The zero-order valence-electron chi connectivity index (χ0n) is 20.3. The fourth-order valence-corrected chi connectivity index (χ4v) is 6.67. The lowest BCUT2D eigenvalue weighted by Gasteiger charge is -2.33. The van der Waals surface area contributed by atoms with Gasteiger partial charge in [0.25, 0.3) is 0 Å². The summed E-state index contributed by atoms with van der Waals surface area (Å²) in [5.41, 5.74) is 6.61. The van der Waals surface area contributed by atoms with Gasteiger partial charge in [0.1, 0.15) is 0 Å². The number of benzene rings is 1. The molecule has 4 rings (SSSR count). The van der Waals surface area contributed by atoms with E-state index in [1.807, 2.05) is 0 Å².